The van der Waals surface area contributed by atoms with E-state index in [1.54, 1.807) is 35.2 Å². The summed E-state index contributed by atoms with van der Waals surface area (Å²) in [6, 6.07) is 14.3. The van der Waals surface area contributed by atoms with Gasteiger partial charge in [-0.15, -0.1) is 0 Å². The molecule has 3 aromatic rings. The van der Waals surface area contributed by atoms with Gasteiger partial charge in [0, 0.05) is 30.3 Å². The average molecular weight is 499 g/mol. The van der Waals surface area contributed by atoms with Gasteiger partial charge in [-0.05, 0) is 67.8 Å². The maximum absolute atomic E-state index is 13.3. The first kappa shape index (κ1) is 25.1. The van der Waals surface area contributed by atoms with Crippen LogP contribution in [0.1, 0.15) is 40.9 Å². The van der Waals surface area contributed by atoms with Crippen LogP contribution >= 0.6 is 0 Å². The summed E-state index contributed by atoms with van der Waals surface area (Å²) in [5.41, 5.74) is -0.197. The number of hydrogen-bond donors (Lipinski definition) is 1. The number of halogens is 3. The smallest absolute Gasteiger partial charge is 0.416 e. The minimum absolute atomic E-state index is 0.0164. The SMILES string of the molecule is COc1ccc(C(=O)NC(=Cc2ccc(-c3cccc(C(F)(F)F)c3)o2)C(=O)N2CCCCC2)cc1. The second kappa shape index (κ2) is 10.7. The number of amides is 2. The van der Waals surface area contributed by atoms with Gasteiger partial charge in [0.1, 0.15) is 23.0 Å². The Balaban J connectivity index is 1.62. The molecule has 0 radical (unpaired) electrons. The molecule has 2 heterocycles. The number of rotatable bonds is 6. The number of likely N-dealkylation sites (tertiary alicyclic amines) is 1. The van der Waals surface area contributed by atoms with Crippen molar-refractivity contribution in [2.75, 3.05) is 20.2 Å². The van der Waals surface area contributed by atoms with Crippen molar-refractivity contribution in [2.45, 2.75) is 25.4 Å². The van der Waals surface area contributed by atoms with E-state index in [-0.39, 0.29) is 28.7 Å². The van der Waals surface area contributed by atoms with Crippen molar-refractivity contribution in [3.8, 4) is 17.1 Å². The Labute approximate surface area is 206 Å². The number of methoxy groups -OCH3 is 1. The Morgan fingerprint density at radius 1 is 1.00 bits per heavy atom. The number of ether oxygens (including phenoxy) is 1. The number of carbonyl (C=O) groups is 2. The van der Waals surface area contributed by atoms with Crippen LogP contribution in [0.5, 0.6) is 5.75 Å². The summed E-state index contributed by atoms with van der Waals surface area (Å²) in [6.07, 6.45) is -0.321. The second-order valence-electron chi connectivity index (χ2n) is 8.37. The third-order valence-corrected chi connectivity index (χ3v) is 5.86. The summed E-state index contributed by atoms with van der Waals surface area (Å²) in [5, 5.41) is 2.68. The first-order valence-electron chi connectivity index (χ1n) is 11.5. The quantitative estimate of drug-likeness (QED) is 0.439. The molecule has 6 nitrogen and oxygen atoms in total. The highest BCUT2D eigenvalue weighted by molar-refractivity contribution is 6.05. The van der Waals surface area contributed by atoms with E-state index in [1.165, 1.54) is 31.4 Å². The average Bonchev–Trinajstić information content (AvgIpc) is 3.36. The molecule has 0 bridgehead atoms. The van der Waals surface area contributed by atoms with Crippen LogP contribution < -0.4 is 10.1 Å². The predicted molar refractivity (Wildman–Crippen MR) is 128 cm³/mol. The monoisotopic (exact) mass is 498 g/mol. The van der Waals surface area contributed by atoms with E-state index >= 15 is 0 Å². The normalized spacial score (nSPS) is 14.4. The third kappa shape index (κ3) is 5.97. The highest BCUT2D eigenvalue weighted by atomic mass is 19.4. The number of piperidine rings is 1. The molecule has 0 spiro atoms. The maximum Gasteiger partial charge on any atom is 0.416 e. The lowest BCUT2D eigenvalue weighted by atomic mass is 10.1. The van der Waals surface area contributed by atoms with Gasteiger partial charge in [-0.3, -0.25) is 9.59 Å². The van der Waals surface area contributed by atoms with Crippen molar-refractivity contribution in [1.29, 1.82) is 0 Å². The molecule has 1 aliphatic rings. The molecule has 0 atom stereocenters. The van der Waals surface area contributed by atoms with Gasteiger partial charge in [-0.25, -0.2) is 0 Å². The van der Waals surface area contributed by atoms with Gasteiger partial charge in [-0.1, -0.05) is 12.1 Å². The molecule has 2 amide bonds. The van der Waals surface area contributed by atoms with Gasteiger partial charge < -0.3 is 19.4 Å². The fourth-order valence-corrected chi connectivity index (χ4v) is 3.93. The Bertz CT molecular complexity index is 1260. The molecule has 0 unspecified atom stereocenters. The minimum Gasteiger partial charge on any atom is -0.497 e. The van der Waals surface area contributed by atoms with Crippen LogP contribution in [0, 0.1) is 0 Å². The van der Waals surface area contributed by atoms with Gasteiger partial charge in [0.25, 0.3) is 11.8 Å². The van der Waals surface area contributed by atoms with Gasteiger partial charge >= 0.3 is 6.18 Å². The van der Waals surface area contributed by atoms with Crippen molar-refractivity contribution in [3.63, 3.8) is 0 Å². The van der Waals surface area contributed by atoms with Crippen molar-refractivity contribution in [2.24, 2.45) is 0 Å². The molecule has 0 saturated carbocycles. The molecule has 1 saturated heterocycles. The summed E-state index contributed by atoms with van der Waals surface area (Å²) in [6.45, 7) is 1.14. The largest absolute Gasteiger partial charge is 0.497 e. The molecule has 4 rings (SSSR count). The zero-order chi connectivity index (χ0) is 25.7. The summed E-state index contributed by atoms with van der Waals surface area (Å²) >= 11 is 0. The topological polar surface area (TPSA) is 71.8 Å². The zero-order valence-corrected chi connectivity index (χ0v) is 19.6. The molecule has 1 aromatic heterocycles. The summed E-state index contributed by atoms with van der Waals surface area (Å²) in [7, 11) is 1.52. The Hall–Kier alpha value is -4.01. The minimum atomic E-state index is -4.48. The second-order valence-corrected chi connectivity index (χ2v) is 8.37. The van der Waals surface area contributed by atoms with Crippen molar-refractivity contribution < 1.29 is 31.9 Å². The molecule has 188 valence electrons. The number of nitrogens with one attached hydrogen (secondary N) is 1. The number of hydrogen-bond acceptors (Lipinski definition) is 4. The van der Waals surface area contributed by atoms with E-state index in [0.29, 0.717) is 24.4 Å². The van der Waals surface area contributed by atoms with E-state index < -0.39 is 17.6 Å². The Morgan fingerprint density at radius 3 is 2.39 bits per heavy atom. The van der Waals surface area contributed by atoms with E-state index in [1.807, 2.05) is 0 Å². The summed E-state index contributed by atoms with van der Waals surface area (Å²) in [4.78, 5) is 27.8. The first-order chi connectivity index (χ1) is 17.2. The van der Waals surface area contributed by atoms with E-state index in [2.05, 4.69) is 5.32 Å². The van der Waals surface area contributed by atoms with Gasteiger partial charge in [0.05, 0.1) is 12.7 Å². The summed E-state index contributed by atoms with van der Waals surface area (Å²) in [5.74, 6) is 0.174. The lowest BCUT2D eigenvalue weighted by Gasteiger charge is -2.27. The standard InChI is InChI=1S/C27H25F3N2O4/c1-35-21-10-8-18(9-11-21)25(33)31-23(26(34)32-14-3-2-4-15-32)17-22-12-13-24(36-22)19-6-5-7-20(16-19)27(28,29)30/h5-13,16-17H,2-4,14-15H2,1H3,(H,31,33). The molecule has 36 heavy (non-hydrogen) atoms. The number of nitrogens with zero attached hydrogens (tertiary/aromatic N) is 1. The molecular weight excluding hydrogens is 473 g/mol. The molecule has 9 heteroatoms. The lowest BCUT2D eigenvalue weighted by molar-refractivity contribution is -0.137. The Morgan fingerprint density at radius 2 is 1.72 bits per heavy atom. The maximum atomic E-state index is 13.3. The molecule has 1 aliphatic heterocycles. The molecule has 0 aliphatic carbocycles. The van der Waals surface area contributed by atoms with Crippen LogP contribution in [-0.2, 0) is 11.0 Å². The molecule has 1 N–H and O–H groups in total. The van der Waals surface area contributed by atoms with Crippen LogP contribution in [-0.4, -0.2) is 36.9 Å². The molecular formula is C27H25F3N2O4. The van der Waals surface area contributed by atoms with Crippen LogP contribution in [0.3, 0.4) is 0 Å². The Kier molecular flexibility index (Phi) is 7.47. The van der Waals surface area contributed by atoms with Crippen LogP contribution in [0.25, 0.3) is 17.4 Å². The highest BCUT2D eigenvalue weighted by Gasteiger charge is 2.30. The van der Waals surface area contributed by atoms with Crippen molar-refractivity contribution in [1.82, 2.24) is 10.2 Å². The fourth-order valence-electron chi connectivity index (χ4n) is 3.93. The number of benzene rings is 2. The lowest BCUT2D eigenvalue weighted by Crippen LogP contribution is -2.41. The number of carbonyl (C=O) groups excluding carboxylic acids is 2. The molecule has 2 aromatic carbocycles. The molecule has 1 fully saturated rings. The summed E-state index contributed by atoms with van der Waals surface area (Å²) < 4.78 is 50.2. The highest BCUT2D eigenvalue weighted by Crippen LogP contribution is 2.33. The predicted octanol–water partition coefficient (Wildman–Crippen LogP) is 5.76. The zero-order valence-electron chi connectivity index (χ0n) is 19.6. The van der Waals surface area contributed by atoms with Gasteiger partial charge in [-0.2, -0.15) is 13.2 Å². The van der Waals surface area contributed by atoms with E-state index in [9.17, 15) is 22.8 Å². The number of alkyl halides is 3. The van der Waals surface area contributed by atoms with Crippen LogP contribution in [0.15, 0.2) is 70.8 Å². The van der Waals surface area contributed by atoms with E-state index in [4.69, 9.17) is 9.15 Å². The number of furan rings is 1. The van der Waals surface area contributed by atoms with Gasteiger partial charge in [0.15, 0.2) is 0 Å². The first-order valence-corrected chi connectivity index (χ1v) is 11.5. The van der Waals surface area contributed by atoms with E-state index in [0.717, 1.165) is 31.4 Å². The fraction of sp³-hybridized carbons (Fsp3) is 0.259. The van der Waals surface area contributed by atoms with Gasteiger partial charge in [0.2, 0.25) is 0 Å². The van der Waals surface area contributed by atoms with Crippen LogP contribution in [0.4, 0.5) is 13.2 Å². The van der Waals surface area contributed by atoms with Crippen molar-refractivity contribution in [3.05, 3.63) is 83.2 Å². The third-order valence-electron chi connectivity index (χ3n) is 5.86. The van der Waals surface area contributed by atoms with Crippen LogP contribution in [0.2, 0.25) is 0 Å². The van der Waals surface area contributed by atoms with Crippen molar-refractivity contribution >= 4 is 17.9 Å².